The van der Waals surface area contributed by atoms with Crippen LogP contribution in [0.3, 0.4) is 0 Å². The fourth-order valence-electron chi connectivity index (χ4n) is 4.89. The van der Waals surface area contributed by atoms with Gasteiger partial charge in [0.25, 0.3) is 0 Å². The van der Waals surface area contributed by atoms with Crippen LogP contribution in [0, 0.1) is 5.82 Å². The highest BCUT2D eigenvalue weighted by atomic mass is 19.1. The van der Waals surface area contributed by atoms with Crippen LogP contribution in [0.15, 0.2) is 78.9 Å². The van der Waals surface area contributed by atoms with Crippen molar-refractivity contribution in [3.05, 3.63) is 101 Å². The Morgan fingerprint density at radius 2 is 1.41 bits per heavy atom. The molecule has 3 aromatic rings. The quantitative estimate of drug-likeness (QED) is 0.466. The largest absolute Gasteiger partial charge is 0.367 e. The van der Waals surface area contributed by atoms with Crippen molar-refractivity contribution in [1.29, 1.82) is 0 Å². The summed E-state index contributed by atoms with van der Waals surface area (Å²) in [5.41, 5.74) is 3.89. The summed E-state index contributed by atoms with van der Waals surface area (Å²) in [6, 6.07) is 26.6. The Balaban J connectivity index is 1.45. The van der Waals surface area contributed by atoms with Crippen LogP contribution in [0.4, 0.5) is 10.1 Å². The summed E-state index contributed by atoms with van der Waals surface area (Å²) >= 11 is 0. The molecule has 4 nitrogen and oxygen atoms in total. The van der Waals surface area contributed by atoms with Gasteiger partial charge in [0.2, 0.25) is 5.91 Å². The highest BCUT2D eigenvalue weighted by Crippen LogP contribution is 2.31. The average molecular weight is 460 g/mol. The lowest BCUT2D eigenvalue weighted by molar-refractivity contribution is -0.130. The number of rotatable bonds is 8. The van der Waals surface area contributed by atoms with Crippen molar-refractivity contribution in [3.63, 3.8) is 0 Å². The summed E-state index contributed by atoms with van der Waals surface area (Å²) in [6.45, 7) is 8.47. The van der Waals surface area contributed by atoms with E-state index in [-0.39, 0.29) is 24.2 Å². The molecule has 5 heteroatoms. The molecule has 1 saturated heterocycles. The van der Waals surface area contributed by atoms with Crippen LogP contribution in [-0.4, -0.2) is 55.0 Å². The van der Waals surface area contributed by atoms with Gasteiger partial charge in [0, 0.05) is 39.3 Å². The molecule has 0 radical (unpaired) electrons. The van der Waals surface area contributed by atoms with E-state index in [9.17, 15) is 4.79 Å². The molecule has 1 amide bonds. The van der Waals surface area contributed by atoms with E-state index in [4.69, 9.17) is 0 Å². The average Bonchev–Trinajstić information content (AvgIpc) is 2.87. The zero-order valence-corrected chi connectivity index (χ0v) is 20.2. The highest BCUT2D eigenvalue weighted by Gasteiger charge is 2.27. The maximum atomic E-state index is 15.1. The third-order valence-corrected chi connectivity index (χ3v) is 6.73. The van der Waals surface area contributed by atoms with Crippen molar-refractivity contribution >= 4 is 11.6 Å². The number of amides is 1. The van der Waals surface area contributed by atoms with Gasteiger partial charge in [-0.3, -0.25) is 9.69 Å². The number of benzene rings is 3. The molecule has 0 bridgehead atoms. The van der Waals surface area contributed by atoms with Crippen molar-refractivity contribution in [2.75, 3.05) is 44.2 Å². The summed E-state index contributed by atoms with van der Waals surface area (Å²) < 4.78 is 15.1. The van der Waals surface area contributed by atoms with E-state index >= 15 is 4.39 Å². The fourth-order valence-corrected chi connectivity index (χ4v) is 4.89. The lowest BCUT2D eigenvalue weighted by atomic mass is 9.96. The molecule has 1 heterocycles. The Morgan fingerprint density at radius 3 is 1.91 bits per heavy atom. The lowest BCUT2D eigenvalue weighted by Crippen LogP contribution is -2.48. The molecule has 0 unspecified atom stereocenters. The number of halogens is 1. The number of likely N-dealkylation sites (N-methyl/N-ethyl adjacent to an activating group) is 1. The van der Waals surface area contributed by atoms with Crippen LogP contribution in [0.25, 0.3) is 0 Å². The van der Waals surface area contributed by atoms with Crippen LogP contribution >= 0.6 is 0 Å². The van der Waals surface area contributed by atoms with Crippen molar-refractivity contribution < 1.29 is 9.18 Å². The number of carbonyl (C=O) groups excluding carboxylic acids is 1. The minimum atomic E-state index is -0.249. The second-order valence-electron chi connectivity index (χ2n) is 8.78. The third kappa shape index (κ3) is 5.48. The SMILES string of the molecule is CCN(CC)C(=O)Cc1ccc(N2CCN(C(c3ccccc3)c3ccccc3)CC2)c(F)c1. The minimum Gasteiger partial charge on any atom is -0.367 e. The fraction of sp³-hybridized carbons (Fsp3) is 0.345. The zero-order valence-electron chi connectivity index (χ0n) is 20.2. The molecule has 178 valence electrons. The number of piperazine rings is 1. The van der Waals surface area contributed by atoms with Gasteiger partial charge in [-0.15, -0.1) is 0 Å². The summed E-state index contributed by atoms with van der Waals surface area (Å²) in [7, 11) is 0. The minimum absolute atomic E-state index is 0.0404. The van der Waals surface area contributed by atoms with Crippen molar-refractivity contribution in [3.8, 4) is 0 Å². The molecule has 1 aliphatic rings. The molecule has 0 spiro atoms. The predicted molar refractivity (Wildman–Crippen MR) is 137 cm³/mol. The summed E-state index contributed by atoms with van der Waals surface area (Å²) in [6.07, 6.45) is 0.239. The van der Waals surface area contributed by atoms with Crippen LogP contribution in [0.1, 0.15) is 36.6 Å². The lowest BCUT2D eigenvalue weighted by Gasteiger charge is -2.40. The first kappa shape index (κ1) is 24.0. The monoisotopic (exact) mass is 459 g/mol. The molecular weight excluding hydrogens is 425 g/mol. The molecule has 1 aliphatic heterocycles. The smallest absolute Gasteiger partial charge is 0.226 e. The van der Waals surface area contributed by atoms with Gasteiger partial charge in [-0.2, -0.15) is 0 Å². The first-order chi connectivity index (χ1) is 16.6. The van der Waals surface area contributed by atoms with E-state index in [1.54, 1.807) is 4.90 Å². The molecule has 0 saturated carbocycles. The van der Waals surface area contributed by atoms with Gasteiger partial charge < -0.3 is 9.80 Å². The molecule has 3 aromatic carbocycles. The molecule has 0 N–H and O–H groups in total. The van der Waals surface area contributed by atoms with Crippen LogP contribution in [-0.2, 0) is 11.2 Å². The number of carbonyl (C=O) groups is 1. The first-order valence-corrected chi connectivity index (χ1v) is 12.3. The van der Waals surface area contributed by atoms with Crippen molar-refractivity contribution in [2.24, 2.45) is 0 Å². The summed E-state index contributed by atoms with van der Waals surface area (Å²) in [5, 5.41) is 0. The third-order valence-electron chi connectivity index (χ3n) is 6.73. The number of hydrogen-bond acceptors (Lipinski definition) is 3. The molecule has 1 fully saturated rings. The molecule has 0 aliphatic carbocycles. The molecule has 0 atom stereocenters. The molecule has 4 rings (SSSR count). The molecule has 0 aromatic heterocycles. The van der Waals surface area contributed by atoms with E-state index in [1.165, 1.54) is 17.2 Å². The van der Waals surface area contributed by atoms with E-state index < -0.39 is 0 Å². The van der Waals surface area contributed by atoms with Crippen LogP contribution < -0.4 is 4.90 Å². The Hall–Kier alpha value is -3.18. The second-order valence-corrected chi connectivity index (χ2v) is 8.78. The van der Waals surface area contributed by atoms with Gasteiger partial charge in [0.15, 0.2) is 0 Å². The van der Waals surface area contributed by atoms with E-state index in [1.807, 2.05) is 38.1 Å². The van der Waals surface area contributed by atoms with Crippen LogP contribution in [0.5, 0.6) is 0 Å². The molecular formula is C29H34FN3O. The van der Waals surface area contributed by atoms with Gasteiger partial charge >= 0.3 is 0 Å². The highest BCUT2D eigenvalue weighted by molar-refractivity contribution is 5.78. The Kier molecular flexibility index (Phi) is 7.96. The number of anilines is 1. The maximum Gasteiger partial charge on any atom is 0.226 e. The Bertz CT molecular complexity index is 1020. The van der Waals surface area contributed by atoms with E-state index in [0.717, 1.165) is 31.7 Å². The van der Waals surface area contributed by atoms with Crippen LogP contribution in [0.2, 0.25) is 0 Å². The zero-order chi connectivity index (χ0) is 23.9. The number of hydrogen-bond donors (Lipinski definition) is 0. The van der Waals surface area contributed by atoms with Gasteiger partial charge in [0.05, 0.1) is 18.2 Å². The standard InChI is InChI=1S/C29H34FN3O/c1-3-31(4-2)28(34)22-23-15-16-27(26(30)21-23)32-17-19-33(20-18-32)29(24-11-7-5-8-12-24)25-13-9-6-10-14-25/h5-16,21,29H,3-4,17-20,22H2,1-2H3. The van der Waals surface area contributed by atoms with Crippen molar-refractivity contribution in [2.45, 2.75) is 26.3 Å². The summed E-state index contributed by atoms with van der Waals surface area (Å²) in [4.78, 5) is 18.8. The van der Waals surface area contributed by atoms with E-state index in [0.29, 0.717) is 18.8 Å². The first-order valence-electron chi connectivity index (χ1n) is 12.3. The topological polar surface area (TPSA) is 26.8 Å². The van der Waals surface area contributed by atoms with Gasteiger partial charge in [-0.05, 0) is 42.7 Å². The Labute approximate surface area is 202 Å². The van der Waals surface area contributed by atoms with Crippen molar-refractivity contribution in [1.82, 2.24) is 9.80 Å². The number of nitrogens with zero attached hydrogens (tertiary/aromatic N) is 3. The van der Waals surface area contributed by atoms with Gasteiger partial charge in [0.1, 0.15) is 5.82 Å². The normalized spacial score (nSPS) is 14.4. The predicted octanol–water partition coefficient (Wildman–Crippen LogP) is 5.15. The second kappa shape index (κ2) is 11.3. The summed E-state index contributed by atoms with van der Waals surface area (Å²) in [5.74, 6) is -0.209. The Morgan fingerprint density at radius 1 is 0.853 bits per heavy atom. The maximum absolute atomic E-state index is 15.1. The molecule has 34 heavy (non-hydrogen) atoms. The van der Waals surface area contributed by atoms with Gasteiger partial charge in [-0.25, -0.2) is 4.39 Å². The van der Waals surface area contributed by atoms with Gasteiger partial charge in [-0.1, -0.05) is 66.7 Å². The van der Waals surface area contributed by atoms with E-state index in [2.05, 4.69) is 58.3 Å².